The second-order valence-corrected chi connectivity index (χ2v) is 3.77. The van der Waals surface area contributed by atoms with Crippen LogP contribution >= 0.6 is 0 Å². The molecule has 1 aromatic heterocycles. The summed E-state index contributed by atoms with van der Waals surface area (Å²) in [7, 11) is 0. The third kappa shape index (κ3) is 2.18. The molecule has 0 saturated carbocycles. The number of hydrogen-bond donors (Lipinski definition) is 1. The van der Waals surface area contributed by atoms with Crippen LogP contribution in [-0.4, -0.2) is 19.9 Å². The molecule has 0 saturated heterocycles. The molecule has 2 rings (SSSR count). The molecule has 0 aliphatic heterocycles. The van der Waals surface area contributed by atoms with Gasteiger partial charge in [0.25, 0.3) is 5.69 Å². The largest absolute Gasteiger partial charge is 0.323 e. The van der Waals surface area contributed by atoms with Gasteiger partial charge in [-0.25, -0.2) is 9.07 Å². The highest BCUT2D eigenvalue weighted by Crippen LogP contribution is 2.19. The molecule has 0 aliphatic rings. The fourth-order valence-corrected chi connectivity index (χ4v) is 1.40. The molecule has 1 heterocycles. The summed E-state index contributed by atoms with van der Waals surface area (Å²) in [5.41, 5.74) is 5.88. The van der Waals surface area contributed by atoms with E-state index in [0.29, 0.717) is 5.69 Å². The van der Waals surface area contributed by atoms with Crippen molar-refractivity contribution in [2.45, 2.75) is 13.0 Å². The molecule has 94 valence electrons. The van der Waals surface area contributed by atoms with Gasteiger partial charge in [0.05, 0.1) is 22.9 Å². The quantitative estimate of drug-likeness (QED) is 0.655. The molecule has 18 heavy (non-hydrogen) atoms. The molecular formula is C10H10FN5O2. The van der Waals surface area contributed by atoms with Crippen LogP contribution in [0.3, 0.4) is 0 Å². The minimum atomic E-state index is -0.745. The van der Waals surface area contributed by atoms with Crippen LogP contribution in [0.15, 0.2) is 24.4 Å². The molecule has 2 N–H and O–H groups in total. The molecule has 0 aliphatic carbocycles. The fourth-order valence-electron chi connectivity index (χ4n) is 1.40. The van der Waals surface area contributed by atoms with Crippen molar-refractivity contribution in [1.82, 2.24) is 15.0 Å². The first-order chi connectivity index (χ1) is 8.49. The highest BCUT2D eigenvalue weighted by molar-refractivity contribution is 5.41. The summed E-state index contributed by atoms with van der Waals surface area (Å²) >= 11 is 0. The average molecular weight is 251 g/mol. The van der Waals surface area contributed by atoms with Gasteiger partial charge in [-0.1, -0.05) is 5.21 Å². The van der Waals surface area contributed by atoms with E-state index in [4.69, 9.17) is 5.73 Å². The van der Waals surface area contributed by atoms with E-state index in [2.05, 4.69) is 10.3 Å². The SMILES string of the molecule is CC(N)c1cn(-c2ccc([N+](=O)[O-])cc2F)nn1. The van der Waals surface area contributed by atoms with Gasteiger partial charge in [-0.15, -0.1) is 5.10 Å². The van der Waals surface area contributed by atoms with Gasteiger partial charge in [-0.05, 0) is 13.0 Å². The van der Waals surface area contributed by atoms with Crippen LogP contribution in [0.25, 0.3) is 5.69 Å². The molecule has 1 aromatic carbocycles. The molecule has 0 radical (unpaired) electrons. The number of non-ortho nitro benzene ring substituents is 1. The Labute approximate surface area is 101 Å². The maximum Gasteiger partial charge on any atom is 0.272 e. The van der Waals surface area contributed by atoms with Crippen molar-refractivity contribution < 1.29 is 9.31 Å². The third-order valence-electron chi connectivity index (χ3n) is 2.37. The van der Waals surface area contributed by atoms with Gasteiger partial charge in [0, 0.05) is 12.1 Å². The summed E-state index contributed by atoms with van der Waals surface area (Å²) in [5.74, 6) is -0.745. The van der Waals surface area contributed by atoms with Crippen molar-refractivity contribution >= 4 is 5.69 Å². The van der Waals surface area contributed by atoms with Gasteiger partial charge in [-0.3, -0.25) is 10.1 Å². The highest BCUT2D eigenvalue weighted by Gasteiger charge is 2.14. The zero-order chi connectivity index (χ0) is 13.3. The van der Waals surface area contributed by atoms with Crippen molar-refractivity contribution in [2.24, 2.45) is 5.73 Å². The number of nitrogens with zero attached hydrogens (tertiary/aromatic N) is 4. The lowest BCUT2D eigenvalue weighted by Crippen LogP contribution is -2.05. The lowest BCUT2D eigenvalue weighted by Gasteiger charge is -2.01. The van der Waals surface area contributed by atoms with Gasteiger partial charge in [-0.2, -0.15) is 0 Å². The van der Waals surface area contributed by atoms with Crippen LogP contribution in [0.1, 0.15) is 18.7 Å². The Bertz CT molecular complexity index is 596. The predicted octanol–water partition coefficient (Wildman–Crippen LogP) is 1.33. The highest BCUT2D eigenvalue weighted by atomic mass is 19.1. The molecule has 0 fully saturated rings. The van der Waals surface area contributed by atoms with Crippen molar-refractivity contribution in [3.8, 4) is 5.69 Å². The Morgan fingerprint density at radius 1 is 1.56 bits per heavy atom. The zero-order valence-electron chi connectivity index (χ0n) is 9.45. The number of nitro benzene ring substituents is 1. The van der Waals surface area contributed by atoms with Gasteiger partial charge >= 0.3 is 0 Å². The lowest BCUT2D eigenvalue weighted by atomic mass is 10.2. The summed E-state index contributed by atoms with van der Waals surface area (Å²) in [6.45, 7) is 1.72. The van der Waals surface area contributed by atoms with Crippen LogP contribution < -0.4 is 5.73 Å². The Kier molecular flexibility index (Phi) is 3.02. The van der Waals surface area contributed by atoms with Gasteiger partial charge < -0.3 is 5.73 Å². The number of halogens is 1. The van der Waals surface area contributed by atoms with E-state index in [9.17, 15) is 14.5 Å². The lowest BCUT2D eigenvalue weighted by molar-refractivity contribution is -0.385. The van der Waals surface area contributed by atoms with Crippen LogP contribution in [0.5, 0.6) is 0 Å². The first-order valence-corrected chi connectivity index (χ1v) is 5.11. The molecule has 2 aromatic rings. The Hall–Kier alpha value is -2.35. The summed E-state index contributed by atoms with van der Waals surface area (Å²) < 4.78 is 14.9. The number of nitrogens with two attached hydrogens (primary N) is 1. The second kappa shape index (κ2) is 4.49. The predicted molar refractivity (Wildman–Crippen MR) is 60.6 cm³/mol. The van der Waals surface area contributed by atoms with E-state index in [1.165, 1.54) is 23.0 Å². The van der Waals surface area contributed by atoms with E-state index in [1.54, 1.807) is 6.92 Å². The van der Waals surface area contributed by atoms with Gasteiger partial charge in [0.1, 0.15) is 5.69 Å². The normalized spacial score (nSPS) is 12.4. The van der Waals surface area contributed by atoms with Crippen molar-refractivity contribution in [2.75, 3.05) is 0 Å². The first kappa shape index (κ1) is 12.1. The number of nitro groups is 1. The number of rotatable bonds is 3. The molecule has 8 heteroatoms. The van der Waals surface area contributed by atoms with Crippen LogP contribution in [0.4, 0.5) is 10.1 Å². The summed E-state index contributed by atoms with van der Waals surface area (Å²) in [6.07, 6.45) is 1.48. The molecule has 0 spiro atoms. The zero-order valence-corrected chi connectivity index (χ0v) is 9.45. The molecule has 0 amide bonds. The van der Waals surface area contributed by atoms with E-state index in [1.807, 2.05) is 0 Å². The fraction of sp³-hybridized carbons (Fsp3) is 0.200. The number of hydrogen-bond acceptors (Lipinski definition) is 5. The van der Waals surface area contributed by atoms with Crippen molar-refractivity contribution in [3.63, 3.8) is 0 Å². The van der Waals surface area contributed by atoms with E-state index in [-0.39, 0.29) is 17.4 Å². The molecule has 1 atom stereocenters. The van der Waals surface area contributed by atoms with E-state index >= 15 is 0 Å². The maximum absolute atomic E-state index is 13.7. The van der Waals surface area contributed by atoms with Crippen LogP contribution in [0, 0.1) is 15.9 Å². The summed E-state index contributed by atoms with van der Waals surface area (Å²) in [5, 5.41) is 18.0. The van der Waals surface area contributed by atoms with Crippen LogP contribution in [-0.2, 0) is 0 Å². The minimum Gasteiger partial charge on any atom is -0.323 e. The van der Waals surface area contributed by atoms with E-state index < -0.39 is 10.7 Å². The smallest absolute Gasteiger partial charge is 0.272 e. The molecular weight excluding hydrogens is 241 g/mol. The van der Waals surface area contributed by atoms with Crippen molar-refractivity contribution in [3.05, 3.63) is 46.0 Å². The maximum atomic E-state index is 13.7. The Balaban J connectivity index is 2.41. The second-order valence-electron chi connectivity index (χ2n) is 3.77. The van der Waals surface area contributed by atoms with Gasteiger partial charge in [0.2, 0.25) is 0 Å². The first-order valence-electron chi connectivity index (χ1n) is 5.11. The topological polar surface area (TPSA) is 99.9 Å². The number of aromatic nitrogens is 3. The summed E-state index contributed by atoms with van der Waals surface area (Å²) in [4.78, 5) is 9.82. The van der Waals surface area contributed by atoms with Crippen LogP contribution in [0.2, 0.25) is 0 Å². The molecule has 7 nitrogen and oxygen atoms in total. The Morgan fingerprint density at radius 2 is 2.28 bits per heavy atom. The molecule has 0 bridgehead atoms. The van der Waals surface area contributed by atoms with Crippen molar-refractivity contribution in [1.29, 1.82) is 0 Å². The Morgan fingerprint density at radius 3 is 2.78 bits per heavy atom. The minimum absolute atomic E-state index is 0.0833. The third-order valence-corrected chi connectivity index (χ3v) is 2.37. The van der Waals surface area contributed by atoms with Gasteiger partial charge in [0.15, 0.2) is 5.82 Å². The monoisotopic (exact) mass is 251 g/mol. The molecule has 1 unspecified atom stereocenters. The van der Waals surface area contributed by atoms with E-state index in [0.717, 1.165) is 6.07 Å². The standard InChI is InChI=1S/C10H10FN5O2/c1-6(12)9-5-15(14-13-9)10-3-2-7(16(17)18)4-8(10)11/h2-6H,12H2,1H3. The number of benzene rings is 1. The average Bonchev–Trinajstić information content (AvgIpc) is 2.78. The summed E-state index contributed by atoms with van der Waals surface area (Å²) in [6, 6.07) is 2.99.